The molecule has 6 heterocycles. The highest BCUT2D eigenvalue weighted by atomic mass is 35.5. The first kappa shape index (κ1) is 36.9. The third-order valence-corrected chi connectivity index (χ3v) is 11.2. The highest BCUT2D eigenvalue weighted by Crippen LogP contribution is 2.41. The van der Waals surface area contributed by atoms with Crippen molar-refractivity contribution >= 4 is 56.9 Å². The van der Waals surface area contributed by atoms with Gasteiger partial charge in [0.1, 0.15) is 28.4 Å². The first-order valence-corrected chi connectivity index (χ1v) is 19.0. The Morgan fingerprint density at radius 3 is 2.73 bits per heavy atom. The number of nitriles is 1. The van der Waals surface area contributed by atoms with Crippen molar-refractivity contribution < 1.29 is 19.1 Å². The number of rotatable bonds is 12. The molecule has 8 rings (SSSR count). The van der Waals surface area contributed by atoms with Crippen LogP contribution in [0.25, 0.3) is 44.3 Å². The molecule has 0 saturated carbocycles. The van der Waals surface area contributed by atoms with Crippen LogP contribution >= 0.6 is 11.6 Å². The molecule has 13 nitrogen and oxygen atoms in total. The third-order valence-electron chi connectivity index (χ3n) is 10.8. The zero-order chi connectivity index (χ0) is 38.9. The minimum atomic E-state index is -0.785. The molecule has 0 aliphatic carbocycles. The molecule has 14 heteroatoms. The van der Waals surface area contributed by atoms with Gasteiger partial charge in [-0.2, -0.15) is 5.26 Å². The number of carboxylic acid groups (broad SMARTS) is 1. The molecule has 2 aliphatic rings. The maximum atomic E-state index is 11.5. The van der Waals surface area contributed by atoms with Gasteiger partial charge < -0.3 is 34.9 Å². The molecule has 0 spiro atoms. The van der Waals surface area contributed by atoms with Crippen LogP contribution in [0.3, 0.4) is 0 Å². The number of benzene rings is 2. The second-order valence-corrected chi connectivity index (χ2v) is 14.8. The van der Waals surface area contributed by atoms with E-state index >= 15 is 0 Å². The first-order valence-electron chi connectivity index (χ1n) is 18.6. The number of hydrogen-bond acceptors (Lipinski definition) is 10. The van der Waals surface area contributed by atoms with Crippen molar-refractivity contribution in [3.05, 3.63) is 100 Å². The van der Waals surface area contributed by atoms with E-state index < -0.39 is 5.97 Å². The van der Waals surface area contributed by atoms with Crippen LogP contribution < -0.4 is 21.4 Å². The Bertz CT molecular complexity index is 2610. The van der Waals surface area contributed by atoms with Crippen LogP contribution in [0.4, 0.5) is 11.5 Å². The number of likely N-dealkylation sites (tertiary alicyclic amines) is 1. The number of amides is 1. The number of aromatic nitrogens is 3. The molecule has 56 heavy (non-hydrogen) atoms. The molecule has 1 amide bonds. The van der Waals surface area contributed by atoms with Gasteiger partial charge in [-0.25, -0.2) is 4.98 Å². The van der Waals surface area contributed by atoms with Gasteiger partial charge in [-0.1, -0.05) is 35.9 Å². The zero-order valence-electron chi connectivity index (χ0n) is 30.7. The molecular formula is C42H40ClN9O4. The Morgan fingerprint density at radius 2 is 1.95 bits per heavy atom. The smallest absolute Gasteiger partial charge is 0.307 e. The molecule has 6 aromatic rings. The Kier molecular flexibility index (Phi) is 10.3. The summed E-state index contributed by atoms with van der Waals surface area (Å²) in [6.07, 6.45) is 7.26. The number of nitrogens with zero attached hydrogens (tertiary/aromatic N) is 5. The van der Waals surface area contributed by atoms with Crippen molar-refractivity contribution in [1.82, 2.24) is 30.1 Å². The van der Waals surface area contributed by atoms with Crippen LogP contribution in [-0.2, 0) is 22.7 Å². The van der Waals surface area contributed by atoms with Gasteiger partial charge in [0.25, 0.3) is 0 Å². The van der Waals surface area contributed by atoms with Crippen LogP contribution in [0.15, 0.2) is 77.6 Å². The van der Waals surface area contributed by atoms with Gasteiger partial charge in [0.2, 0.25) is 5.91 Å². The van der Waals surface area contributed by atoms with Crippen molar-refractivity contribution in [3.8, 4) is 28.5 Å². The minimum absolute atomic E-state index is 0.108. The SMILES string of the molecule is Cc1c(Nc2nccc3cc(CNC[C@@H]4CCC(=O)N4)cnc23)cccc1-c1cccc(-c2cc3c(=N)n(CCN4CC[C@@H](C(=O)O)C4)cc(C#N)c3o2)c1Cl. The zero-order valence-corrected chi connectivity index (χ0v) is 31.5. The van der Waals surface area contributed by atoms with Gasteiger partial charge in [0.15, 0.2) is 11.4 Å². The molecule has 5 N–H and O–H groups in total. The summed E-state index contributed by atoms with van der Waals surface area (Å²) in [6.45, 7) is 5.52. The van der Waals surface area contributed by atoms with E-state index in [1.807, 2.05) is 55.6 Å². The highest BCUT2D eigenvalue weighted by molar-refractivity contribution is 6.36. The summed E-state index contributed by atoms with van der Waals surface area (Å²) < 4.78 is 7.98. The number of hydrogen-bond donors (Lipinski definition) is 5. The topological polar surface area (TPSA) is 185 Å². The Hall–Kier alpha value is -6.07. The summed E-state index contributed by atoms with van der Waals surface area (Å²) in [6, 6.07) is 19.8. The number of carbonyl (C=O) groups excluding carboxylic acids is 1. The van der Waals surface area contributed by atoms with Gasteiger partial charge in [-0.05, 0) is 73.3 Å². The summed E-state index contributed by atoms with van der Waals surface area (Å²) >= 11 is 7.17. The molecule has 0 radical (unpaired) electrons. The summed E-state index contributed by atoms with van der Waals surface area (Å²) in [5, 5.41) is 40.2. The van der Waals surface area contributed by atoms with Crippen molar-refractivity contribution in [3.63, 3.8) is 0 Å². The summed E-state index contributed by atoms with van der Waals surface area (Å²) in [5.74, 6) is 0.00693. The predicted molar refractivity (Wildman–Crippen MR) is 213 cm³/mol. The van der Waals surface area contributed by atoms with Crippen LogP contribution in [-0.4, -0.2) is 68.6 Å². The van der Waals surface area contributed by atoms with Crippen LogP contribution in [0.2, 0.25) is 5.02 Å². The lowest BCUT2D eigenvalue weighted by atomic mass is 9.96. The average Bonchev–Trinajstić information content (AvgIpc) is 3.96. The molecule has 2 aliphatic heterocycles. The van der Waals surface area contributed by atoms with E-state index in [1.165, 1.54) is 0 Å². The fourth-order valence-corrected chi connectivity index (χ4v) is 8.03. The van der Waals surface area contributed by atoms with Crippen molar-refractivity contribution in [1.29, 1.82) is 10.7 Å². The number of aliphatic carboxylic acids is 1. The lowest BCUT2D eigenvalue weighted by Crippen LogP contribution is -2.35. The standard InChI is InChI=1S/C42H40ClN9O4/c1-24-30(4-3-7-34(24)50-41-38-26(10-12-47-41)16-25(20-48-38)19-46-21-29-8-9-36(53)49-29)31-5-2-6-32(37(31)43)35-17-33-39(56-35)28(18-44)23-52(40(33)45)15-14-51-13-11-27(22-51)42(54)55/h2-7,10,12,16-17,20,23,27,29,45-46H,8-9,11,13-15,19,21-22H2,1H3,(H,47,50)(H,49,53)(H,54,55)/t27-,29+/m1/s1. The fraction of sp³-hybridized carbons (Fsp3) is 0.286. The molecule has 0 unspecified atom stereocenters. The van der Waals surface area contributed by atoms with Gasteiger partial charge in [0, 0.05) is 86.0 Å². The van der Waals surface area contributed by atoms with E-state index in [9.17, 15) is 20.0 Å². The van der Waals surface area contributed by atoms with Gasteiger partial charge in [-0.15, -0.1) is 0 Å². The van der Waals surface area contributed by atoms with E-state index in [4.69, 9.17) is 26.4 Å². The second kappa shape index (κ2) is 15.6. The lowest BCUT2D eigenvalue weighted by Gasteiger charge is -2.16. The molecule has 4 aromatic heterocycles. The molecule has 2 saturated heterocycles. The van der Waals surface area contributed by atoms with Gasteiger partial charge in [0.05, 0.1) is 16.3 Å². The molecular weight excluding hydrogens is 730 g/mol. The number of nitrogens with one attached hydrogen (secondary N) is 4. The number of carboxylic acids is 1. The number of fused-ring (bicyclic) bond motifs is 2. The molecule has 0 bridgehead atoms. The second-order valence-electron chi connectivity index (χ2n) is 14.5. The quantitative estimate of drug-likeness (QED) is 0.0941. The number of halogens is 1. The third kappa shape index (κ3) is 7.34. The fourth-order valence-electron chi connectivity index (χ4n) is 7.71. The van der Waals surface area contributed by atoms with E-state index in [2.05, 4.69) is 38.0 Å². The monoisotopic (exact) mass is 769 g/mol. The number of furan rings is 1. The van der Waals surface area contributed by atoms with Gasteiger partial charge in [-0.3, -0.25) is 20.0 Å². The Balaban J connectivity index is 1.03. The lowest BCUT2D eigenvalue weighted by molar-refractivity contribution is -0.141. The largest absolute Gasteiger partial charge is 0.481 e. The molecule has 2 atom stereocenters. The van der Waals surface area contributed by atoms with E-state index in [0.29, 0.717) is 90.8 Å². The van der Waals surface area contributed by atoms with Crippen LogP contribution in [0.1, 0.15) is 36.0 Å². The Morgan fingerprint density at radius 1 is 1.12 bits per heavy atom. The number of anilines is 2. The average molecular weight is 770 g/mol. The molecule has 284 valence electrons. The normalized spacial score (nSPS) is 17.1. The van der Waals surface area contributed by atoms with E-state index in [1.54, 1.807) is 23.0 Å². The summed E-state index contributed by atoms with van der Waals surface area (Å²) in [7, 11) is 0. The maximum Gasteiger partial charge on any atom is 0.307 e. The minimum Gasteiger partial charge on any atom is -0.481 e. The van der Waals surface area contributed by atoms with E-state index in [0.717, 1.165) is 45.3 Å². The number of carbonyl (C=O) groups is 2. The highest BCUT2D eigenvalue weighted by Gasteiger charge is 2.28. The van der Waals surface area contributed by atoms with Crippen molar-refractivity contribution in [2.75, 3.05) is 31.5 Å². The molecule has 2 fully saturated rings. The predicted octanol–water partition coefficient (Wildman–Crippen LogP) is 6.34. The van der Waals surface area contributed by atoms with Crippen molar-refractivity contribution in [2.45, 2.75) is 45.3 Å². The maximum absolute atomic E-state index is 11.5. The Labute approximate surface area is 327 Å². The van der Waals surface area contributed by atoms with Crippen LogP contribution in [0.5, 0.6) is 0 Å². The van der Waals surface area contributed by atoms with E-state index in [-0.39, 0.29) is 23.4 Å². The number of pyridine rings is 3. The van der Waals surface area contributed by atoms with Crippen LogP contribution in [0, 0.1) is 29.6 Å². The summed E-state index contributed by atoms with van der Waals surface area (Å²) in [5.41, 5.74) is 6.70. The van der Waals surface area contributed by atoms with Gasteiger partial charge >= 0.3 is 5.97 Å². The first-order chi connectivity index (χ1) is 27.2. The van der Waals surface area contributed by atoms with Crippen molar-refractivity contribution in [2.24, 2.45) is 5.92 Å². The summed E-state index contributed by atoms with van der Waals surface area (Å²) in [4.78, 5) is 34.4. The molecule has 2 aromatic carbocycles.